The van der Waals surface area contributed by atoms with Crippen LogP contribution >= 0.6 is 0 Å². The molecule has 0 radical (unpaired) electrons. The van der Waals surface area contributed by atoms with Crippen molar-refractivity contribution >= 4 is 12.0 Å². The molecule has 2 heterocycles. The molecule has 2 aliphatic rings. The van der Waals surface area contributed by atoms with Crippen LogP contribution < -0.4 is 0 Å². The van der Waals surface area contributed by atoms with Crippen molar-refractivity contribution < 1.29 is 14.7 Å². The molecule has 1 N–H and O–H groups in total. The van der Waals surface area contributed by atoms with Crippen LogP contribution in [-0.2, 0) is 4.79 Å². The van der Waals surface area contributed by atoms with Crippen molar-refractivity contribution in [1.29, 1.82) is 0 Å². The van der Waals surface area contributed by atoms with E-state index in [1.807, 2.05) is 18.7 Å². The number of piperidine rings is 1. The largest absolute Gasteiger partial charge is 0.481 e. The molecule has 2 aliphatic heterocycles. The summed E-state index contributed by atoms with van der Waals surface area (Å²) in [4.78, 5) is 28.1. The fourth-order valence-electron chi connectivity index (χ4n) is 3.76. The predicted octanol–water partition coefficient (Wildman–Crippen LogP) is 2.66. The van der Waals surface area contributed by atoms with E-state index in [1.165, 1.54) is 0 Å². The van der Waals surface area contributed by atoms with Gasteiger partial charge in [0.15, 0.2) is 0 Å². The zero-order valence-corrected chi connectivity index (χ0v) is 13.6. The molecule has 3 unspecified atom stereocenters. The number of urea groups is 1. The van der Waals surface area contributed by atoms with E-state index >= 15 is 0 Å². The first-order chi connectivity index (χ1) is 9.78. The van der Waals surface area contributed by atoms with Crippen molar-refractivity contribution in [3.63, 3.8) is 0 Å². The lowest BCUT2D eigenvalue weighted by molar-refractivity contribution is -0.150. The van der Waals surface area contributed by atoms with Crippen LogP contribution in [-0.4, -0.2) is 52.6 Å². The maximum Gasteiger partial charge on any atom is 0.320 e. The summed E-state index contributed by atoms with van der Waals surface area (Å²) in [5.41, 5.74) is -0.776. The monoisotopic (exact) mass is 296 g/mol. The van der Waals surface area contributed by atoms with Crippen molar-refractivity contribution in [3.05, 3.63) is 0 Å². The van der Waals surface area contributed by atoms with Crippen molar-refractivity contribution in [3.8, 4) is 0 Å². The fourth-order valence-corrected chi connectivity index (χ4v) is 3.76. The zero-order chi connectivity index (χ0) is 15.8. The third-order valence-electron chi connectivity index (χ3n) is 5.49. The molecule has 0 aromatic rings. The Morgan fingerprint density at radius 3 is 2.38 bits per heavy atom. The van der Waals surface area contributed by atoms with Gasteiger partial charge in [0.05, 0.1) is 5.41 Å². The summed E-state index contributed by atoms with van der Waals surface area (Å²) in [6.45, 7) is 9.89. The van der Waals surface area contributed by atoms with Gasteiger partial charge in [-0.1, -0.05) is 20.8 Å². The van der Waals surface area contributed by atoms with Crippen molar-refractivity contribution in [2.24, 2.45) is 17.3 Å². The summed E-state index contributed by atoms with van der Waals surface area (Å²) in [6.07, 6.45) is 2.64. The summed E-state index contributed by atoms with van der Waals surface area (Å²) >= 11 is 0. The minimum absolute atomic E-state index is 0.0261. The molecular weight excluding hydrogens is 268 g/mol. The molecule has 2 rings (SSSR count). The second-order valence-corrected chi connectivity index (χ2v) is 7.24. The molecule has 0 bridgehead atoms. The molecule has 2 fully saturated rings. The number of carbonyl (C=O) groups is 2. The van der Waals surface area contributed by atoms with Crippen LogP contribution in [0.5, 0.6) is 0 Å². The lowest BCUT2D eigenvalue weighted by Crippen LogP contribution is -2.51. The molecule has 2 amide bonds. The molecule has 120 valence electrons. The van der Waals surface area contributed by atoms with Gasteiger partial charge in [-0.15, -0.1) is 0 Å². The number of nitrogens with zero attached hydrogens (tertiary/aromatic N) is 2. The number of carbonyl (C=O) groups excluding carboxylic acids is 1. The Balaban J connectivity index is 2.07. The average molecular weight is 296 g/mol. The number of carboxylic acids is 1. The van der Waals surface area contributed by atoms with E-state index in [9.17, 15) is 14.7 Å². The van der Waals surface area contributed by atoms with E-state index in [4.69, 9.17) is 0 Å². The van der Waals surface area contributed by atoms with Crippen LogP contribution in [0.3, 0.4) is 0 Å². The Kier molecular flexibility index (Phi) is 4.49. The van der Waals surface area contributed by atoms with Crippen LogP contribution in [0.1, 0.15) is 47.0 Å². The number of rotatable bonds is 2. The van der Waals surface area contributed by atoms with E-state index in [2.05, 4.69) is 13.8 Å². The molecule has 3 atom stereocenters. The van der Waals surface area contributed by atoms with Crippen LogP contribution in [0.2, 0.25) is 0 Å². The minimum Gasteiger partial charge on any atom is -0.481 e. The highest BCUT2D eigenvalue weighted by molar-refractivity contribution is 5.80. The topological polar surface area (TPSA) is 60.9 Å². The number of likely N-dealkylation sites (tertiary alicyclic amines) is 2. The number of aliphatic carboxylic acids is 1. The Hall–Kier alpha value is -1.26. The third-order valence-corrected chi connectivity index (χ3v) is 5.49. The maximum absolute atomic E-state index is 12.7. The van der Waals surface area contributed by atoms with Gasteiger partial charge >= 0.3 is 12.0 Å². The summed E-state index contributed by atoms with van der Waals surface area (Å²) in [7, 11) is 0. The van der Waals surface area contributed by atoms with Gasteiger partial charge in [0, 0.05) is 25.7 Å². The van der Waals surface area contributed by atoms with Gasteiger partial charge in [0.2, 0.25) is 0 Å². The first-order valence-corrected chi connectivity index (χ1v) is 8.07. The fraction of sp³-hybridized carbons (Fsp3) is 0.875. The van der Waals surface area contributed by atoms with Gasteiger partial charge in [-0.2, -0.15) is 0 Å². The van der Waals surface area contributed by atoms with Crippen LogP contribution in [0, 0.1) is 17.3 Å². The summed E-state index contributed by atoms with van der Waals surface area (Å²) < 4.78 is 0. The van der Waals surface area contributed by atoms with Crippen molar-refractivity contribution in [1.82, 2.24) is 9.80 Å². The predicted molar refractivity (Wildman–Crippen MR) is 81.1 cm³/mol. The zero-order valence-electron chi connectivity index (χ0n) is 13.6. The molecule has 0 spiro atoms. The summed E-state index contributed by atoms with van der Waals surface area (Å²) in [6, 6.07) is 0.276. The Morgan fingerprint density at radius 2 is 1.90 bits per heavy atom. The quantitative estimate of drug-likeness (QED) is 0.852. The molecular formula is C16H28N2O3. The van der Waals surface area contributed by atoms with E-state index in [-0.39, 0.29) is 18.0 Å². The molecule has 5 heteroatoms. The van der Waals surface area contributed by atoms with Crippen LogP contribution in [0.25, 0.3) is 0 Å². The van der Waals surface area contributed by atoms with Gasteiger partial charge in [-0.05, 0) is 38.0 Å². The van der Waals surface area contributed by atoms with E-state index in [0.29, 0.717) is 25.4 Å². The SMILES string of the molecule is CC1CCN(C(=O)N2CCC(C(=O)O)(C(C)C)C2)C(C)C1. The first kappa shape index (κ1) is 16.1. The van der Waals surface area contributed by atoms with Gasteiger partial charge < -0.3 is 14.9 Å². The lowest BCUT2D eigenvalue weighted by atomic mass is 9.76. The molecule has 21 heavy (non-hydrogen) atoms. The third kappa shape index (κ3) is 2.87. The summed E-state index contributed by atoms with van der Waals surface area (Å²) in [5.74, 6) is -0.0730. The molecule has 5 nitrogen and oxygen atoms in total. The highest BCUT2D eigenvalue weighted by Gasteiger charge is 2.49. The number of hydrogen-bond acceptors (Lipinski definition) is 2. The highest BCUT2D eigenvalue weighted by Crippen LogP contribution is 2.39. The van der Waals surface area contributed by atoms with Crippen LogP contribution in [0.4, 0.5) is 4.79 Å². The first-order valence-electron chi connectivity index (χ1n) is 8.07. The van der Waals surface area contributed by atoms with Crippen LogP contribution in [0.15, 0.2) is 0 Å². The van der Waals surface area contributed by atoms with E-state index in [1.54, 1.807) is 4.90 Å². The van der Waals surface area contributed by atoms with Crippen molar-refractivity contribution in [2.75, 3.05) is 19.6 Å². The second-order valence-electron chi connectivity index (χ2n) is 7.24. The standard InChI is InChI=1S/C16H28N2O3/c1-11(2)16(14(19)20)6-8-17(10-16)15(21)18-7-5-12(3)9-13(18)4/h11-13H,5-10H2,1-4H3,(H,19,20). The highest BCUT2D eigenvalue weighted by atomic mass is 16.4. The Labute approximate surface area is 127 Å². The molecule has 2 saturated heterocycles. The van der Waals surface area contributed by atoms with Gasteiger partial charge in [-0.3, -0.25) is 4.79 Å². The Morgan fingerprint density at radius 1 is 1.24 bits per heavy atom. The van der Waals surface area contributed by atoms with Gasteiger partial charge in [-0.25, -0.2) is 4.79 Å². The van der Waals surface area contributed by atoms with E-state index < -0.39 is 11.4 Å². The van der Waals surface area contributed by atoms with Gasteiger partial charge in [0.1, 0.15) is 0 Å². The maximum atomic E-state index is 12.7. The Bertz CT molecular complexity index is 424. The molecule has 0 saturated carbocycles. The van der Waals surface area contributed by atoms with Crippen molar-refractivity contribution in [2.45, 2.75) is 53.0 Å². The number of carboxylic acid groups (broad SMARTS) is 1. The normalized spacial score (nSPS) is 33.6. The van der Waals surface area contributed by atoms with Gasteiger partial charge in [0.25, 0.3) is 0 Å². The average Bonchev–Trinajstić information content (AvgIpc) is 2.84. The second kappa shape index (κ2) is 5.85. The minimum atomic E-state index is -0.776. The smallest absolute Gasteiger partial charge is 0.320 e. The number of amides is 2. The van der Waals surface area contributed by atoms with E-state index in [0.717, 1.165) is 19.4 Å². The lowest BCUT2D eigenvalue weighted by Gasteiger charge is -2.39. The molecule has 0 aromatic carbocycles. The molecule has 0 aromatic heterocycles. The summed E-state index contributed by atoms with van der Waals surface area (Å²) in [5, 5.41) is 9.58. The molecule has 0 aliphatic carbocycles. The number of hydrogen-bond donors (Lipinski definition) is 1.